The molecular weight excluding hydrogens is 364 g/mol. The molecule has 0 saturated carbocycles. The zero-order chi connectivity index (χ0) is 19.7. The number of hydrogen-bond donors (Lipinski definition) is 0. The zero-order valence-electron chi connectivity index (χ0n) is 15.4. The van der Waals surface area contributed by atoms with Crippen LogP contribution in [-0.2, 0) is 9.53 Å². The third-order valence-corrected chi connectivity index (χ3v) is 4.27. The summed E-state index contributed by atoms with van der Waals surface area (Å²) in [6, 6.07) is 10.2. The summed E-state index contributed by atoms with van der Waals surface area (Å²) < 4.78 is 26.9. The number of esters is 1. The molecule has 2 aromatic carbocycles. The monoisotopic (exact) mass is 382 g/mol. The fraction of sp³-hybridized carbons (Fsp3) is 0.238. The van der Waals surface area contributed by atoms with Gasteiger partial charge in [-0.2, -0.15) is 0 Å². The van der Waals surface area contributed by atoms with Gasteiger partial charge in [0.15, 0.2) is 23.4 Å². The highest BCUT2D eigenvalue weighted by atomic mass is 16.7. The van der Waals surface area contributed by atoms with Gasteiger partial charge in [0.1, 0.15) is 11.5 Å². The van der Waals surface area contributed by atoms with Crippen LogP contribution in [-0.4, -0.2) is 31.3 Å². The highest BCUT2D eigenvalue weighted by molar-refractivity contribution is 6.14. The van der Waals surface area contributed by atoms with Gasteiger partial charge in [-0.3, -0.25) is 4.79 Å². The maximum atomic E-state index is 12.6. The Bertz CT molecular complexity index is 977. The zero-order valence-corrected chi connectivity index (χ0v) is 15.4. The molecule has 7 heteroatoms. The van der Waals surface area contributed by atoms with Gasteiger partial charge in [0, 0.05) is 6.07 Å². The molecule has 0 aromatic heterocycles. The van der Waals surface area contributed by atoms with E-state index < -0.39 is 12.1 Å². The van der Waals surface area contributed by atoms with Gasteiger partial charge in [-0.1, -0.05) is 6.07 Å². The summed E-state index contributed by atoms with van der Waals surface area (Å²) in [5.74, 6) is 1.61. The Labute approximate surface area is 161 Å². The summed E-state index contributed by atoms with van der Waals surface area (Å²) in [4.78, 5) is 24.3. The van der Waals surface area contributed by atoms with E-state index in [9.17, 15) is 9.59 Å². The molecule has 1 atom stereocenters. The predicted octanol–water partition coefficient (Wildman–Crippen LogP) is 3.36. The van der Waals surface area contributed by atoms with Crippen LogP contribution in [0.25, 0.3) is 6.08 Å². The lowest BCUT2D eigenvalue weighted by Gasteiger charge is -2.13. The van der Waals surface area contributed by atoms with Crippen LogP contribution in [0.3, 0.4) is 0 Å². The van der Waals surface area contributed by atoms with E-state index in [1.807, 2.05) is 6.07 Å². The number of ether oxygens (including phenoxy) is 5. The molecule has 0 N–H and O–H groups in total. The third kappa shape index (κ3) is 3.38. The van der Waals surface area contributed by atoms with Crippen molar-refractivity contribution in [3.05, 3.63) is 53.3 Å². The maximum absolute atomic E-state index is 12.6. The molecule has 0 amide bonds. The molecule has 0 bridgehead atoms. The van der Waals surface area contributed by atoms with Gasteiger partial charge >= 0.3 is 5.97 Å². The third-order valence-electron chi connectivity index (χ3n) is 4.27. The smallest absolute Gasteiger partial charge is 0.347 e. The second kappa shape index (κ2) is 7.26. The van der Waals surface area contributed by atoms with Crippen LogP contribution in [0, 0.1) is 0 Å². The largest absolute Gasteiger partial charge is 0.479 e. The molecule has 0 spiro atoms. The number of carbonyl (C=O) groups excluding carboxylic acids is 2. The number of carbonyl (C=O) groups is 2. The molecule has 0 saturated heterocycles. The molecule has 2 aliphatic heterocycles. The van der Waals surface area contributed by atoms with Gasteiger partial charge in [0.2, 0.25) is 12.6 Å². The average Bonchev–Trinajstić information content (AvgIpc) is 3.26. The van der Waals surface area contributed by atoms with Crippen molar-refractivity contribution < 1.29 is 33.3 Å². The van der Waals surface area contributed by atoms with E-state index in [4.69, 9.17) is 23.7 Å². The second-order valence-electron chi connectivity index (χ2n) is 6.22. The Balaban J connectivity index is 1.52. The second-order valence-corrected chi connectivity index (χ2v) is 6.22. The summed E-state index contributed by atoms with van der Waals surface area (Å²) in [7, 11) is 0. The highest BCUT2D eigenvalue weighted by Gasteiger charge is 2.28. The number of allylic oxidation sites excluding steroid dienone is 1. The molecule has 0 aliphatic carbocycles. The summed E-state index contributed by atoms with van der Waals surface area (Å²) in [5, 5.41) is 0. The first-order chi connectivity index (χ1) is 13.5. The predicted molar refractivity (Wildman–Crippen MR) is 98.7 cm³/mol. The first-order valence-electron chi connectivity index (χ1n) is 8.86. The molecule has 2 aromatic rings. The van der Waals surface area contributed by atoms with Crippen LogP contribution in [0.1, 0.15) is 29.8 Å². The molecule has 2 heterocycles. The van der Waals surface area contributed by atoms with Crippen LogP contribution >= 0.6 is 0 Å². The molecule has 0 unspecified atom stereocenters. The number of ketones is 1. The molecule has 28 heavy (non-hydrogen) atoms. The number of fused-ring (bicyclic) bond motifs is 2. The lowest BCUT2D eigenvalue weighted by atomic mass is 10.1. The summed E-state index contributed by atoms with van der Waals surface area (Å²) in [6.45, 7) is 3.79. The van der Waals surface area contributed by atoms with E-state index in [1.165, 1.54) is 0 Å². The fourth-order valence-electron chi connectivity index (χ4n) is 2.91. The Hall–Kier alpha value is -3.48. The Morgan fingerprint density at radius 3 is 2.79 bits per heavy atom. The maximum Gasteiger partial charge on any atom is 0.347 e. The lowest BCUT2D eigenvalue weighted by Crippen LogP contribution is -2.26. The van der Waals surface area contributed by atoms with Gasteiger partial charge in [-0.15, -0.1) is 0 Å². The topological polar surface area (TPSA) is 80.3 Å². The Morgan fingerprint density at radius 1 is 1.14 bits per heavy atom. The minimum absolute atomic E-state index is 0.184. The van der Waals surface area contributed by atoms with Gasteiger partial charge in [0.25, 0.3) is 0 Å². The summed E-state index contributed by atoms with van der Waals surface area (Å²) >= 11 is 0. The minimum Gasteiger partial charge on any atom is -0.479 e. The van der Waals surface area contributed by atoms with E-state index in [-0.39, 0.29) is 24.9 Å². The lowest BCUT2D eigenvalue weighted by molar-refractivity contribution is -0.150. The van der Waals surface area contributed by atoms with Crippen molar-refractivity contribution in [1.29, 1.82) is 0 Å². The normalized spacial score (nSPS) is 16.5. The number of rotatable bonds is 5. The molecular formula is C21H18O7. The summed E-state index contributed by atoms with van der Waals surface area (Å²) in [5.41, 5.74) is 1.19. The van der Waals surface area contributed by atoms with Crippen LogP contribution in [0.15, 0.2) is 42.2 Å². The SMILES string of the molecule is CCOC(=O)[C@@H](C)Oc1ccc2c(c1)OC(=Cc1ccc3c(c1)OCO3)C2=O. The average molecular weight is 382 g/mol. The summed E-state index contributed by atoms with van der Waals surface area (Å²) in [6.07, 6.45) is 0.880. The van der Waals surface area contributed by atoms with Crippen molar-refractivity contribution in [1.82, 2.24) is 0 Å². The van der Waals surface area contributed by atoms with Gasteiger partial charge in [-0.05, 0) is 49.8 Å². The number of hydrogen-bond acceptors (Lipinski definition) is 7. The van der Waals surface area contributed by atoms with E-state index in [1.54, 1.807) is 50.3 Å². The van der Waals surface area contributed by atoms with Crippen LogP contribution in [0.2, 0.25) is 0 Å². The van der Waals surface area contributed by atoms with Crippen molar-refractivity contribution in [2.45, 2.75) is 20.0 Å². The van der Waals surface area contributed by atoms with Crippen LogP contribution in [0.4, 0.5) is 0 Å². The van der Waals surface area contributed by atoms with Gasteiger partial charge < -0.3 is 23.7 Å². The molecule has 0 fully saturated rings. The van der Waals surface area contributed by atoms with Crippen molar-refractivity contribution in [2.75, 3.05) is 13.4 Å². The van der Waals surface area contributed by atoms with E-state index in [2.05, 4.69) is 0 Å². The van der Waals surface area contributed by atoms with Crippen molar-refractivity contribution in [2.24, 2.45) is 0 Å². The van der Waals surface area contributed by atoms with Gasteiger partial charge in [-0.25, -0.2) is 4.79 Å². The van der Waals surface area contributed by atoms with Crippen molar-refractivity contribution in [3.63, 3.8) is 0 Å². The number of benzene rings is 2. The van der Waals surface area contributed by atoms with Gasteiger partial charge in [0.05, 0.1) is 12.2 Å². The molecule has 144 valence electrons. The Kier molecular flexibility index (Phi) is 4.65. The first-order valence-corrected chi connectivity index (χ1v) is 8.86. The van der Waals surface area contributed by atoms with Crippen LogP contribution < -0.4 is 18.9 Å². The standard InChI is InChI=1S/C21H18O7/c1-3-24-21(23)12(2)27-14-5-6-15-17(10-14)28-19(20(15)22)9-13-4-7-16-18(8-13)26-11-25-16/h4-10,12H,3,11H2,1-2H3/t12-/m1/s1. The van der Waals surface area contributed by atoms with E-state index in [0.29, 0.717) is 28.6 Å². The first kappa shape index (κ1) is 17.9. The molecule has 4 rings (SSSR count). The quantitative estimate of drug-likeness (QED) is 0.579. The fourth-order valence-corrected chi connectivity index (χ4v) is 2.91. The Morgan fingerprint density at radius 2 is 1.96 bits per heavy atom. The minimum atomic E-state index is -0.765. The van der Waals surface area contributed by atoms with E-state index >= 15 is 0 Å². The van der Waals surface area contributed by atoms with Crippen molar-refractivity contribution in [3.8, 4) is 23.0 Å². The van der Waals surface area contributed by atoms with E-state index in [0.717, 1.165) is 5.56 Å². The molecule has 7 nitrogen and oxygen atoms in total. The molecule has 0 radical (unpaired) electrons. The highest BCUT2D eigenvalue weighted by Crippen LogP contribution is 2.37. The van der Waals surface area contributed by atoms with Crippen LogP contribution in [0.5, 0.6) is 23.0 Å². The molecule has 2 aliphatic rings. The number of Topliss-reactive ketones (excluding diaryl/α,β-unsaturated/α-hetero) is 1. The van der Waals surface area contributed by atoms with Crippen molar-refractivity contribution >= 4 is 17.8 Å².